The molecule has 4 heterocycles. The van der Waals surface area contributed by atoms with Crippen LogP contribution in [0.1, 0.15) is 5.56 Å². The lowest BCUT2D eigenvalue weighted by atomic mass is 10.1. The maximum absolute atomic E-state index is 9.48. The summed E-state index contributed by atoms with van der Waals surface area (Å²) >= 11 is 0. The molecule has 158 valence electrons. The van der Waals surface area contributed by atoms with E-state index in [1.165, 1.54) is 0 Å². The molecule has 3 aromatic carbocycles. The highest BCUT2D eigenvalue weighted by Gasteiger charge is 2.20. The molecule has 0 saturated carbocycles. The van der Waals surface area contributed by atoms with Crippen molar-refractivity contribution in [2.45, 2.75) is 0 Å². The average molecular weight is 435 g/mol. The van der Waals surface area contributed by atoms with Crippen LogP contribution in [-0.4, -0.2) is 19.1 Å². The fourth-order valence-corrected chi connectivity index (χ4v) is 4.93. The monoisotopic (exact) mass is 435 g/mol. The van der Waals surface area contributed by atoms with Crippen molar-refractivity contribution in [3.05, 3.63) is 109 Å². The number of pyridine rings is 2. The number of benzene rings is 3. The number of rotatable bonds is 2. The third-order valence-electron chi connectivity index (χ3n) is 6.37. The van der Waals surface area contributed by atoms with Crippen molar-refractivity contribution in [2.24, 2.45) is 0 Å². The van der Waals surface area contributed by atoms with E-state index in [1.807, 2.05) is 54.7 Å². The normalized spacial score (nSPS) is 11.5. The Bertz CT molecular complexity index is 1920. The summed E-state index contributed by atoms with van der Waals surface area (Å²) in [4.78, 5) is 9.98. The van der Waals surface area contributed by atoms with Crippen molar-refractivity contribution in [2.75, 3.05) is 0 Å². The van der Waals surface area contributed by atoms with Gasteiger partial charge < -0.3 is 0 Å². The molecular formula is C29H17N5. The first-order valence-corrected chi connectivity index (χ1v) is 11.1. The third-order valence-corrected chi connectivity index (χ3v) is 6.37. The van der Waals surface area contributed by atoms with Crippen molar-refractivity contribution in [1.82, 2.24) is 19.1 Å². The standard InChI is InChI=1S/C29H17N5/c30-18-19-8-6-11-21(16-19)34-26-14-7-15-31-27(26)24-17-23-22-12-4-5-13-25(22)33(28(23)32-29(24)34)20-9-2-1-3-10-20/h1-17H. The maximum Gasteiger partial charge on any atom is 0.149 e. The van der Waals surface area contributed by atoms with Crippen LogP contribution >= 0.6 is 0 Å². The smallest absolute Gasteiger partial charge is 0.149 e. The van der Waals surface area contributed by atoms with E-state index >= 15 is 0 Å². The third kappa shape index (κ3) is 2.54. The number of para-hydroxylation sites is 2. The average Bonchev–Trinajstić information content (AvgIpc) is 3.40. The molecule has 0 spiro atoms. The molecule has 34 heavy (non-hydrogen) atoms. The second-order valence-electron chi connectivity index (χ2n) is 8.29. The molecule has 0 amide bonds. The van der Waals surface area contributed by atoms with E-state index in [0.717, 1.165) is 55.4 Å². The molecule has 4 aromatic heterocycles. The summed E-state index contributed by atoms with van der Waals surface area (Å²) in [6.07, 6.45) is 1.81. The van der Waals surface area contributed by atoms with Crippen LogP contribution in [0.2, 0.25) is 0 Å². The van der Waals surface area contributed by atoms with Crippen LogP contribution in [0, 0.1) is 11.3 Å². The summed E-state index contributed by atoms with van der Waals surface area (Å²) < 4.78 is 4.32. The van der Waals surface area contributed by atoms with Gasteiger partial charge in [-0.1, -0.05) is 42.5 Å². The molecule has 0 N–H and O–H groups in total. The number of fused-ring (bicyclic) bond motifs is 6. The Morgan fingerprint density at radius 3 is 2.24 bits per heavy atom. The maximum atomic E-state index is 9.48. The molecule has 0 aliphatic carbocycles. The summed E-state index contributed by atoms with van der Waals surface area (Å²) in [7, 11) is 0. The molecule has 7 aromatic rings. The van der Waals surface area contributed by atoms with Crippen LogP contribution in [0.15, 0.2) is 103 Å². The molecule has 0 atom stereocenters. The first kappa shape index (κ1) is 18.6. The molecule has 7 rings (SSSR count). The van der Waals surface area contributed by atoms with E-state index in [1.54, 1.807) is 0 Å². The van der Waals surface area contributed by atoms with Gasteiger partial charge in [-0.3, -0.25) is 14.1 Å². The number of hydrogen-bond acceptors (Lipinski definition) is 3. The first-order chi connectivity index (χ1) is 16.8. The highest BCUT2D eigenvalue weighted by molar-refractivity contribution is 6.15. The first-order valence-electron chi connectivity index (χ1n) is 11.1. The Labute approximate surface area is 194 Å². The number of aromatic nitrogens is 4. The molecule has 0 fully saturated rings. The topological polar surface area (TPSA) is 59.4 Å². The fourth-order valence-electron chi connectivity index (χ4n) is 4.93. The minimum Gasteiger partial charge on any atom is -0.294 e. The molecule has 0 radical (unpaired) electrons. The zero-order chi connectivity index (χ0) is 22.6. The largest absolute Gasteiger partial charge is 0.294 e. The van der Waals surface area contributed by atoms with Gasteiger partial charge >= 0.3 is 0 Å². The van der Waals surface area contributed by atoms with Crippen LogP contribution in [0.4, 0.5) is 0 Å². The second-order valence-corrected chi connectivity index (χ2v) is 8.29. The minimum atomic E-state index is 0.607. The number of hydrogen-bond donors (Lipinski definition) is 0. The van der Waals surface area contributed by atoms with Gasteiger partial charge in [0.2, 0.25) is 0 Å². The molecule has 0 unspecified atom stereocenters. The summed E-state index contributed by atoms with van der Waals surface area (Å²) in [5, 5.41) is 12.7. The van der Waals surface area contributed by atoms with Gasteiger partial charge in [0.1, 0.15) is 11.3 Å². The number of nitrogens with zero attached hydrogens (tertiary/aromatic N) is 5. The predicted octanol–water partition coefficient (Wildman–Crippen LogP) is 6.54. The van der Waals surface area contributed by atoms with Crippen LogP contribution < -0.4 is 0 Å². The molecule has 0 aliphatic rings. The quantitative estimate of drug-likeness (QED) is 0.310. The van der Waals surface area contributed by atoms with Crippen molar-refractivity contribution in [3.8, 4) is 17.4 Å². The van der Waals surface area contributed by atoms with Crippen molar-refractivity contribution >= 4 is 44.0 Å². The Kier molecular flexibility index (Phi) is 3.84. The van der Waals surface area contributed by atoms with Crippen LogP contribution in [0.5, 0.6) is 0 Å². The van der Waals surface area contributed by atoms with E-state index in [0.29, 0.717) is 5.56 Å². The summed E-state index contributed by atoms with van der Waals surface area (Å²) in [6, 6.07) is 34.8. The van der Waals surface area contributed by atoms with E-state index in [9.17, 15) is 5.26 Å². The predicted molar refractivity (Wildman–Crippen MR) is 135 cm³/mol. The van der Waals surface area contributed by atoms with Crippen molar-refractivity contribution in [3.63, 3.8) is 0 Å². The van der Waals surface area contributed by atoms with E-state index in [4.69, 9.17) is 9.97 Å². The van der Waals surface area contributed by atoms with Crippen LogP contribution in [0.25, 0.3) is 55.4 Å². The molecular weight excluding hydrogens is 418 g/mol. The van der Waals surface area contributed by atoms with Gasteiger partial charge in [0.15, 0.2) is 0 Å². The SMILES string of the molecule is N#Cc1cccc(-n2c3cccnc3c3cc4c5ccccc5n(-c5ccccc5)c4nc32)c1. The van der Waals surface area contributed by atoms with Gasteiger partial charge in [-0.2, -0.15) is 5.26 Å². The van der Waals surface area contributed by atoms with Gasteiger partial charge in [0, 0.05) is 33.7 Å². The molecule has 0 bridgehead atoms. The lowest BCUT2D eigenvalue weighted by Gasteiger charge is -2.09. The van der Waals surface area contributed by atoms with Crippen molar-refractivity contribution < 1.29 is 0 Å². The highest BCUT2D eigenvalue weighted by atomic mass is 15.1. The lowest BCUT2D eigenvalue weighted by Crippen LogP contribution is -1.99. The van der Waals surface area contributed by atoms with E-state index < -0.39 is 0 Å². The molecule has 5 heteroatoms. The molecule has 5 nitrogen and oxygen atoms in total. The van der Waals surface area contributed by atoms with E-state index in [2.05, 4.69) is 63.7 Å². The molecule has 0 saturated heterocycles. The van der Waals surface area contributed by atoms with Gasteiger partial charge in [-0.25, -0.2) is 4.98 Å². The van der Waals surface area contributed by atoms with Crippen LogP contribution in [-0.2, 0) is 0 Å². The van der Waals surface area contributed by atoms with Crippen molar-refractivity contribution in [1.29, 1.82) is 5.26 Å². The summed E-state index contributed by atoms with van der Waals surface area (Å²) in [6.45, 7) is 0. The van der Waals surface area contributed by atoms with Gasteiger partial charge in [-0.05, 0) is 54.6 Å². The fraction of sp³-hybridized carbons (Fsp3) is 0. The Hall–Kier alpha value is -4.95. The van der Waals surface area contributed by atoms with Crippen LogP contribution in [0.3, 0.4) is 0 Å². The Morgan fingerprint density at radius 1 is 0.618 bits per heavy atom. The van der Waals surface area contributed by atoms with Gasteiger partial charge in [0.25, 0.3) is 0 Å². The lowest BCUT2D eigenvalue weighted by molar-refractivity contribution is 1.11. The summed E-state index contributed by atoms with van der Waals surface area (Å²) in [5.41, 5.74) is 7.23. The van der Waals surface area contributed by atoms with Gasteiger partial charge in [-0.15, -0.1) is 0 Å². The Morgan fingerprint density at radius 2 is 1.35 bits per heavy atom. The molecule has 0 aliphatic heterocycles. The zero-order valence-electron chi connectivity index (χ0n) is 18.1. The number of nitriles is 1. The zero-order valence-corrected chi connectivity index (χ0v) is 18.1. The van der Waals surface area contributed by atoms with Gasteiger partial charge in [0.05, 0.1) is 28.2 Å². The van der Waals surface area contributed by atoms with E-state index in [-0.39, 0.29) is 0 Å². The highest BCUT2D eigenvalue weighted by Crippen LogP contribution is 2.37. The summed E-state index contributed by atoms with van der Waals surface area (Å²) in [5.74, 6) is 0. The Balaban J connectivity index is 1.69. The minimum absolute atomic E-state index is 0.607. The second kappa shape index (κ2) is 7.03.